The first-order chi connectivity index (χ1) is 20.9. The van der Waals surface area contributed by atoms with Crippen molar-refractivity contribution in [1.82, 2.24) is 20.9 Å². The van der Waals surface area contributed by atoms with Gasteiger partial charge in [0.2, 0.25) is 17.6 Å². The third kappa shape index (κ3) is 6.79. The van der Waals surface area contributed by atoms with Crippen LogP contribution in [0.5, 0.6) is 5.75 Å². The van der Waals surface area contributed by atoms with Crippen molar-refractivity contribution in [3.8, 4) is 5.75 Å². The number of benzene rings is 2. The number of Topliss-reactive ketones (excluding diaryl/α,β-unsaturated/α-hetero) is 1. The molecule has 0 spiro atoms. The van der Waals surface area contributed by atoms with Gasteiger partial charge in [0.15, 0.2) is 35.7 Å². The molecule has 1 fully saturated rings. The minimum atomic E-state index is -2.49. The molecule has 234 valence electrons. The molecule has 1 unspecified atom stereocenters. The van der Waals surface area contributed by atoms with Crippen molar-refractivity contribution in [2.75, 3.05) is 26.8 Å². The second-order valence-electron chi connectivity index (χ2n) is 9.76. The van der Waals surface area contributed by atoms with Gasteiger partial charge in [0.1, 0.15) is 17.0 Å². The van der Waals surface area contributed by atoms with Crippen LogP contribution in [0.2, 0.25) is 0 Å². The fourth-order valence-electron chi connectivity index (χ4n) is 4.64. The maximum absolute atomic E-state index is 14.0. The Hall–Kier alpha value is -5.02. The molecule has 4 N–H and O–H groups in total. The second-order valence-corrected chi connectivity index (χ2v) is 9.76. The number of hydrogen-bond acceptors (Lipinski definition) is 7. The molecule has 4 rings (SSSR count). The Bertz CT molecular complexity index is 1620. The summed E-state index contributed by atoms with van der Waals surface area (Å²) in [5, 5.41) is 7.91. The number of nitrogens with one attached hydrogen (secondary N) is 4. The first kappa shape index (κ1) is 31.9. The zero-order valence-corrected chi connectivity index (χ0v) is 23.0. The number of piperidine rings is 1. The van der Waals surface area contributed by atoms with E-state index in [1.165, 1.54) is 13.2 Å². The van der Waals surface area contributed by atoms with E-state index in [9.17, 15) is 45.9 Å². The molecule has 11 nitrogen and oxygen atoms in total. The van der Waals surface area contributed by atoms with E-state index in [-0.39, 0.29) is 12.1 Å². The van der Waals surface area contributed by atoms with Gasteiger partial charge in [-0.15, -0.1) is 0 Å². The summed E-state index contributed by atoms with van der Waals surface area (Å²) in [6.45, 7) is -1.48. The number of halogens is 5. The number of esters is 1. The van der Waals surface area contributed by atoms with E-state index in [4.69, 9.17) is 4.74 Å². The molecule has 2 aromatic carbocycles. The normalized spacial score (nSPS) is 15.3. The molecule has 1 aromatic heterocycles. The van der Waals surface area contributed by atoms with Crippen molar-refractivity contribution in [3.63, 3.8) is 0 Å². The summed E-state index contributed by atoms with van der Waals surface area (Å²) in [4.78, 5) is 65.7. The molecule has 1 saturated heterocycles. The van der Waals surface area contributed by atoms with Crippen molar-refractivity contribution in [2.45, 2.75) is 25.3 Å². The van der Waals surface area contributed by atoms with Gasteiger partial charge in [-0.3, -0.25) is 19.2 Å². The summed E-state index contributed by atoms with van der Waals surface area (Å²) in [6, 6.07) is 5.12. The minimum absolute atomic E-state index is 0.101. The molecule has 44 heavy (non-hydrogen) atoms. The average molecular weight is 625 g/mol. The van der Waals surface area contributed by atoms with Crippen LogP contribution in [0, 0.1) is 35.0 Å². The smallest absolute Gasteiger partial charge is 0.344 e. The quantitative estimate of drug-likeness (QED) is 0.111. The number of ether oxygens (including phenoxy) is 2. The highest BCUT2D eigenvalue weighted by Crippen LogP contribution is 2.26. The first-order valence-electron chi connectivity index (χ1n) is 13.1. The highest BCUT2D eigenvalue weighted by atomic mass is 19.2. The van der Waals surface area contributed by atoms with Gasteiger partial charge in [-0.25, -0.2) is 26.7 Å². The molecule has 0 radical (unpaired) electrons. The number of carbonyl (C=O) groups excluding carboxylic acids is 5. The molecular weight excluding hydrogens is 599 g/mol. The van der Waals surface area contributed by atoms with Gasteiger partial charge in [0.25, 0.3) is 5.91 Å². The molecule has 2 atom stereocenters. The molecule has 2 heterocycles. The average Bonchev–Trinajstić information content (AvgIpc) is 3.46. The maximum atomic E-state index is 14.0. The van der Waals surface area contributed by atoms with Gasteiger partial charge in [0.05, 0.1) is 19.7 Å². The van der Waals surface area contributed by atoms with Crippen molar-refractivity contribution in [3.05, 3.63) is 64.6 Å². The molecule has 16 heteroatoms. The van der Waals surface area contributed by atoms with Crippen LogP contribution in [0.15, 0.2) is 24.3 Å². The largest absolute Gasteiger partial charge is 0.496 e. The lowest BCUT2D eigenvalue weighted by atomic mass is 9.90. The Morgan fingerprint density at radius 1 is 1.02 bits per heavy atom. The predicted molar refractivity (Wildman–Crippen MR) is 141 cm³/mol. The Morgan fingerprint density at radius 2 is 1.70 bits per heavy atom. The molecule has 1 aliphatic heterocycles. The Morgan fingerprint density at radius 3 is 2.36 bits per heavy atom. The summed E-state index contributed by atoms with van der Waals surface area (Å²) < 4.78 is 78.0. The van der Waals surface area contributed by atoms with Gasteiger partial charge >= 0.3 is 5.97 Å². The van der Waals surface area contributed by atoms with E-state index in [1.54, 1.807) is 18.2 Å². The zero-order chi connectivity index (χ0) is 32.1. The van der Waals surface area contributed by atoms with Crippen LogP contribution in [0.4, 0.5) is 22.0 Å². The van der Waals surface area contributed by atoms with Gasteiger partial charge in [-0.2, -0.15) is 0 Å². The third-order valence-corrected chi connectivity index (χ3v) is 6.90. The van der Waals surface area contributed by atoms with Gasteiger partial charge in [-0.1, -0.05) is 6.07 Å². The monoisotopic (exact) mass is 624 g/mol. The topological polar surface area (TPSA) is 156 Å². The van der Waals surface area contributed by atoms with Crippen molar-refractivity contribution < 1.29 is 55.4 Å². The number of carbonyl (C=O) groups is 5. The van der Waals surface area contributed by atoms with E-state index in [0.29, 0.717) is 36.0 Å². The number of aromatic amines is 1. The standard InChI is InChI=1S/C28H25F5N4O7/c1-43-18-6-2-5-14-13(18)9-16(36-14)27(41)35-10-19(39)37-15(8-12-4-3-7-34-26(12)40)17(38)11-44-28(42)20-21(29)23(31)25(33)24(32)22(20)30/h2,5-6,9,12,15,36H,3-4,7-8,10-11H2,1H3,(H,34,40)(H,35,41)(H,37,39)/t12-,15?/m0/s1. The van der Waals surface area contributed by atoms with E-state index in [1.807, 2.05) is 0 Å². The fraction of sp³-hybridized carbons (Fsp3) is 0.321. The number of H-pyrrole nitrogens is 1. The van der Waals surface area contributed by atoms with Crippen LogP contribution < -0.4 is 20.7 Å². The second kappa shape index (κ2) is 13.5. The van der Waals surface area contributed by atoms with Crippen LogP contribution in [-0.2, 0) is 19.1 Å². The highest BCUT2D eigenvalue weighted by Gasteiger charge is 2.33. The number of methoxy groups -OCH3 is 1. The molecule has 1 aliphatic rings. The maximum Gasteiger partial charge on any atom is 0.344 e. The molecule has 3 amide bonds. The van der Waals surface area contributed by atoms with Crippen LogP contribution in [0.3, 0.4) is 0 Å². The van der Waals surface area contributed by atoms with Crippen LogP contribution in [0.1, 0.15) is 40.1 Å². The summed E-state index contributed by atoms with van der Waals surface area (Å²) in [7, 11) is 1.46. The molecule has 0 aliphatic carbocycles. The van der Waals surface area contributed by atoms with Crippen molar-refractivity contribution in [2.24, 2.45) is 5.92 Å². The van der Waals surface area contributed by atoms with Crippen LogP contribution in [-0.4, -0.2) is 67.3 Å². The van der Waals surface area contributed by atoms with E-state index >= 15 is 0 Å². The molecule has 0 bridgehead atoms. The van der Waals surface area contributed by atoms with Crippen LogP contribution >= 0.6 is 0 Å². The van der Waals surface area contributed by atoms with E-state index in [2.05, 4.69) is 25.7 Å². The number of ketones is 1. The summed E-state index contributed by atoms with van der Waals surface area (Å²) >= 11 is 0. The number of amides is 3. The van der Waals surface area contributed by atoms with Crippen molar-refractivity contribution >= 4 is 40.4 Å². The molecule has 0 saturated carbocycles. The summed E-state index contributed by atoms with van der Waals surface area (Å²) in [5.74, 6) is -17.5. The third-order valence-electron chi connectivity index (χ3n) is 6.90. The number of rotatable bonds is 11. The molecule has 3 aromatic rings. The lowest BCUT2D eigenvalue weighted by molar-refractivity contribution is -0.132. The number of hydrogen-bond donors (Lipinski definition) is 4. The fourth-order valence-corrected chi connectivity index (χ4v) is 4.64. The Balaban J connectivity index is 1.43. The summed E-state index contributed by atoms with van der Waals surface area (Å²) in [6.07, 6.45) is 0.633. The van der Waals surface area contributed by atoms with Gasteiger partial charge in [-0.05, 0) is 37.5 Å². The predicted octanol–water partition coefficient (Wildman–Crippen LogP) is 2.43. The first-order valence-corrected chi connectivity index (χ1v) is 13.1. The lowest BCUT2D eigenvalue weighted by Gasteiger charge is -2.26. The number of aromatic nitrogens is 1. The summed E-state index contributed by atoms with van der Waals surface area (Å²) in [5.41, 5.74) is -1.21. The van der Waals surface area contributed by atoms with E-state index in [0.717, 1.165) is 0 Å². The number of fused-ring (bicyclic) bond motifs is 1. The minimum Gasteiger partial charge on any atom is -0.496 e. The molecular formula is C28H25F5N4O7. The van der Waals surface area contributed by atoms with Gasteiger partial charge < -0.3 is 30.4 Å². The lowest BCUT2D eigenvalue weighted by Crippen LogP contribution is -2.49. The SMILES string of the molecule is COc1cccc2[nH]c(C(=O)NCC(=O)NC(C[C@@H]3CCCNC3=O)C(=O)COC(=O)c3c(F)c(F)c(F)c(F)c3F)cc12. The van der Waals surface area contributed by atoms with Crippen LogP contribution in [0.25, 0.3) is 10.9 Å². The highest BCUT2D eigenvalue weighted by molar-refractivity contribution is 6.01. The van der Waals surface area contributed by atoms with Crippen molar-refractivity contribution in [1.29, 1.82) is 0 Å². The van der Waals surface area contributed by atoms with E-state index < -0.39 is 89.2 Å². The Kier molecular flexibility index (Phi) is 9.80. The zero-order valence-electron chi connectivity index (χ0n) is 23.0. The Labute approximate surface area is 245 Å². The van der Waals surface area contributed by atoms with Gasteiger partial charge in [0, 0.05) is 23.4 Å².